The molecule has 0 spiro atoms. The number of hydrogen-bond donors (Lipinski definition) is 1. The Labute approximate surface area is 100 Å². The van der Waals surface area contributed by atoms with Crippen LogP contribution in [0.1, 0.15) is 58.8 Å². The highest BCUT2D eigenvalue weighted by atomic mass is 16.3. The Morgan fingerprint density at radius 1 is 1.00 bits per heavy atom. The van der Waals surface area contributed by atoms with Crippen molar-refractivity contribution in [1.29, 1.82) is 0 Å². The summed E-state index contributed by atoms with van der Waals surface area (Å²) in [5.41, 5.74) is 0.132. The minimum absolute atomic E-state index is 0.119. The van der Waals surface area contributed by atoms with Gasteiger partial charge in [-0.25, -0.2) is 0 Å². The molecule has 2 rings (SSSR count). The van der Waals surface area contributed by atoms with Gasteiger partial charge in [0.1, 0.15) is 0 Å². The van der Waals surface area contributed by atoms with Crippen LogP contribution >= 0.6 is 0 Å². The summed E-state index contributed by atoms with van der Waals surface area (Å²) in [6.45, 7) is 6.83. The monoisotopic (exact) mass is 225 g/mol. The maximum absolute atomic E-state index is 10.4. The molecule has 94 valence electrons. The topological polar surface area (TPSA) is 23.5 Å². The number of nitrogens with zero attached hydrogens (tertiary/aromatic N) is 1. The summed E-state index contributed by atoms with van der Waals surface area (Å²) in [5.74, 6) is 0. The molecular formula is C14H27NO. The molecule has 2 aliphatic rings. The SMILES string of the molecule is CC1(C)CCC(N2CCCCCCC2)C1O. The summed E-state index contributed by atoms with van der Waals surface area (Å²) < 4.78 is 0. The van der Waals surface area contributed by atoms with Crippen molar-refractivity contribution in [3.05, 3.63) is 0 Å². The first-order chi connectivity index (χ1) is 7.61. The van der Waals surface area contributed by atoms with E-state index in [9.17, 15) is 5.11 Å². The normalized spacial score (nSPS) is 36.9. The van der Waals surface area contributed by atoms with Crippen molar-refractivity contribution >= 4 is 0 Å². The van der Waals surface area contributed by atoms with Crippen molar-refractivity contribution in [3.8, 4) is 0 Å². The van der Waals surface area contributed by atoms with Crippen LogP contribution in [0.5, 0.6) is 0 Å². The Morgan fingerprint density at radius 2 is 1.56 bits per heavy atom. The molecule has 1 aliphatic heterocycles. The molecule has 0 aromatic heterocycles. The highest BCUT2D eigenvalue weighted by Gasteiger charge is 2.43. The molecule has 2 atom stereocenters. The van der Waals surface area contributed by atoms with Crippen molar-refractivity contribution in [2.45, 2.75) is 70.9 Å². The first-order valence-corrected chi connectivity index (χ1v) is 7.03. The first kappa shape index (κ1) is 12.4. The molecule has 1 saturated carbocycles. The van der Waals surface area contributed by atoms with Crippen molar-refractivity contribution in [2.75, 3.05) is 13.1 Å². The maximum Gasteiger partial charge on any atom is 0.0746 e. The molecule has 0 amide bonds. The van der Waals surface area contributed by atoms with E-state index in [1.165, 1.54) is 58.0 Å². The van der Waals surface area contributed by atoms with E-state index in [1.807, 2.05) is 0 Å². The summed E-state index contributed by atoms with van der Waals surface area (Å²) in [4.78, 5) is 2.57. The maximum atomic E-state index is 10.4. The van der Waals surface area contributed by atoms with Gasteiger partial charge < -0.3 is 5.11 Å². The van der Waals surface area contributed by atoms with Crippen LogP contribution in [0.4, 0.5) is 0 Å². The molecule has 2 heteroatoms. The molecule has 2 unspecified atom stereocenters. The average molecular weight is 225 g/mol. The number of hydrogen-bond acceptors (Lipinski definition) is 2. The van der Waals surface area contributed by atoms with E-state index in [-0.39, 0.29) is 11.5 Å². The largest absolute Gasteiger partial charge is 0.391 e. The zero-order valence-corrected chi connectivity index (χ0v) is 10.9. The van der Waals surface area contributed by atoms with Crippen LogP contribution in [-0.4, -0.2) is 35.2 Å². The van der Waals surface area contributed by atoms with E-state index in [2.05, 4.69) is 18.7 Å². The summed E-state index contributed by atoms with van der Waals surface area (Å²) >= 11 is 0. The van der Waals surface area contributed by atoms with E-state index < -0.39 is 0 Å². The Balaban J connectivity index is 1.95. The molecular weight excluding hydrogens is 198 g/mol. The molecule has 0 bridgehead atoms. The average Bonchev–Trinajstić information content (AvgIpc) is 2.43. The molecule has 16 heavy (non-hydrogen) atoms. The molecule has 0 aromatic carbocycles. The second-order valence-electron chi connectivity index (χ2n) is 6.34. The zero-order chi connectivity index (χ0) is 11.6. The lowest BCUT2D eigenvalue weighted by molar-refractivity contribution is 0.0121. The Morgan fingerprint density at radius 3 is 2.06 bits per heavy atom. The van der Waals surface area contributed by atoms with Gasteiger partial charge in [0.25, 0.3) is 0 Å². The number of aliphatic hydroxyl groups excluding tert-OH is 1. The zero-order valence-electron chi connectivity index (χ0n) is 10.9. The van der Waals surface area contributed by atoms with Crippen LogP contribution in [0.3, 0.4) is 0 Å². The van der Waals surface area contributed by atoms with Gasteiger partial charge in [-0.05, 0) is 44.2 Å². The second-order valence-corrected chi connectivity index (χ2v) is 6.34. The van der Waals surface area contributed by atoms with E-state index in [0.29, 0.717) is 6.04 Å². The standard InChI is InChI=1S/C14H27NO/c1-14(2)9-8-12(13(14)16)15-10-6-4-3-5-7-11-15/h12-13,16H,3-11H2,1-2H3. The number of rotatable bonds is 1. The minimum atomic E-state index is -0.119. The lowest BCUT2D eigenvalue weighted by Gasteiger charge is -2.35. The van der Waals surface area contributed by atoms with E-state index in [0.717, 1.165) is 0 Å². The fourth-order valence-electron chi connectivity index (χ4n) is 3.33. The molecule has 1 saturated heterocycles. The molecule has 2 fully saturated rings. The van der Waals surface area contributed by atoms with Crippen LogP contribution in [0.2, 0.25) is 0 Å². The number of aliphatic hydroxyl groups is 1. The summed E-state index contributed by atoms with van der Waals surface area (Å²) in [6, 6.07) is 0.438. The lowest BCUT2D eigenvalue weighted by Crippen LogP contribution is -2.45. The lowest BCUT2D eigenvalue weighted by atomic mass is 9.88. The van der Waals surface area contributed by atoms with Gasteiger partial charge in [-0.3, -0.25) is 4.90 Å². The van der Waals surface area contributed by atoms with E-state index >= 15 is 0 Å². The van der Waals surface area contributed by atoms with Gasteiger partial charge in [-0.1, -0.05) is 33.1 Å². The van der Waals surface area contributed by atoms with E-state index in [1.54, 1.807) is 0 Å². The Kier molecular flexibility index (Phi) is 3.91. The molecule has 1 heterocycles. The van der Waals surface area contributed by atoms with Crippen LogP contribution in [0, 0.1) is 5.41 Å². The summed E-state index contributed by atoms with van der Waals surface area (Å²) in [6.07, 6.45) is 9.06. The van der Waals surface area contributed by atoms with Gasteiger partial charge in [-0.2, -0.15) is 0 Å². The van der Waals surface area contributed by atoms with Crippen molar-refractivity contribution in [3.63, 3.8) is 0 Å². The summed E-state index contributed by atoms with van der Waals surface area (Å²) in [5, 5.41) is 10.4. The molecule has 2 nitrogen and oxygen atoms in total. The van der Waals surface area contributed by atoms with Gasteiger partial charge in [0.2, 0.25) is 0 Å². The third kappa shape index (κ3) is 2.60. The first-order valence-electron chi connectivity index (χ1n) is 7.03. The van der Waals surface area contributed by atoms with Gasteiger partial charge in [0.05, 0.1) is 6.10 Å². The highest BCUT2D eigenvalue weighted by molar-refractivity contribution is 4.96. The molecule has 1 aliphatic carbocycles. The quantitative estimate of drug-likeness (QED) is 0.742. The molecule has 0 aromatic rings. The third-order valence-electron chi connectivity index (χ3n) is 4.61. The highest BCUT2D eigenvalue weighted by Crippen LogP contribution is 2.40. The minimum Gasteiger partial charge on any atom is -0.391 e. The van der Waals surface area contributed by atoms with Crippen molar-refractivity contribution in [1.82, 2.24) is 4.90 Å². The van der Waals surface area contributed by atoms with Crippen molar-refractivity contribution < 1.29 is 5.11 Å². The fraction of sp³-hybridized carbons (Fsp3) is 1.00. The molecule has 0 radical (unpaired) electrons. The smallest absolute Gasteiger partial charge is 0.0746 e. The fourth-order valence-corrected chi connectivity index (χ4v) is 3.33. The predicted octanol–water partition coefficient (Wildman–Crippen LogP) is 2.80. The van der Waals surface area contributed by atoms with Gasteiger partial charge >= 0.3 is 0 Å². The van der Waals surface area contributed by atoms with E-state index in [4.69, 9.17) is 0 Å². The third-order valence-corrected chi connectivity index (χ3v) is 4.61. The van der Waals surface area contributed by atoms with Crippen LogP contribution < -0.4 is 0 Å². The van der Waals surface area contributed by atoms with Crippen LogP contribution in [0.25, 0.3) is 0 Å². The second kappa shape index (κ2) is 5.05. The summed E-state index contributed by atoms with van der Waals surface area (Å²) in [7, 11) is 0. The van der Waals surface area contributed by atoms with Gasteiger partial charge in [-0.15, -0.1) is 0 Å². The van der Waals surface area contributed by atoms with Crippen LogP contribution in [0.15, 0.2) is 0 Å². The van der Waals surface area contributed by atoms with Gasteiger partial charge in [0, 0.05) is 6.04 Å². The van der Waals surface area contributed by atoms with Gasteiger partial charge in [0.15, 0.2) is 0 Å². The predicted molar refractivity (Wildman–Crippen MR) is 67.5 cm³/mol. The molecule has 1 N–H and O–H groups in total. The van der Waals surface area contributed by atoms with Crippen molar-refractivity contribution in [2.24, 2.45) is 5.41 Å². The number of likely N-dealkylation sites (tertiary alicyclic amines) is 1. The Hall–Kier alpha value is -0.0800. The van der Waals surface area contributed by atoms with Crippen LogP contribution in [-0.2, 0) is 0 Å². The Bertz CT molecular complexity index is 219.